The van der Waals surface area contributed by atoms with Gasteiger partial charge in [-0.25, -0.2) is 10.2 Å². The molecule has 0 aliphatic carbocycles. The quantitative estimate of drug-likeness (QED) is 0.614. The van der Waals surface area contributed by atoms with E-state index in [0.29, 0.717) is 6.54 Å². The minimum Gasteiger partial charge on any atom is -0.464 e. The highest BCUT2D eigenvalue weighted by Gasteiger charge is 1.94. The van der Waals surface area contributed by atoms with Gasteiger partial charge >= 0.3 is 6.09 Å². The summed E-state index contributed by atoms with van der Waals surface area (Å²) >= 11 is 0. The zero-order valence-corrected chi connectivity index (χ0v) is 7.37. The van der Waals surface area contributed by atoms with Gasteiger partial charge in [0.15, 0.2) is 0 Å². The van der Waals surface area contributed by atoms with E-state index in [1.165, 1.54) is 0 Å². The molecule has 0 aliphatic rings. The second-order valence-corrected chi connectivity index (χ2v) is 2.77. The van der Waals surface area contributed by atoms with Crippen molar-refractivity contribution in [3.8, 4) is 0 Å². The molecule has 4 heteroatoms. The van der Waals surface area contributed by atoms with Crippen LogP contribution in [0, 0.1) is 6.92 Å². The Morgan fingerprint density at radius 3 is 2.92 bits per heavy atom. The molecule has 1 aromatic rings. The molecule has 70 valence electrons. The van der Waals surface area contributed by atoms with E-state index in [9.17, 15) is 4.79 Å². The molecule has 0 bridgehead atoms. The van der Waals surface area contributed by atoms with E-state index in [1.54, 1.807) is 0 Å². The minimum absolute atomic E-state index is 0.494. The number of benzene rings is 1. The first-order valence-electron chi connectivity index (χ1n) is 3.96. The van der Waals surface area contributed by atoms with E-state index >= 15 is 0 Å². The standard InChI is InChI=1S/C9H12N2O2/c1-7-3-2-4-8(5-7)6-10-11-9(12)13/h2-5,10-11H,6H2,1H3,(H,12,13). The molecule has 1 aromatic carbocycles. The molecule has 0 fully saturated rings. The second-order valence-electron chi connectivity index (χ2n) is 2.77. The van der Waals surface area contributed by atoms with Gasteiger partial charge in [-0.05, 0) is 12.5 Å². The Morgan fingerprint density at radius 2 is 2.31 bits per heavy atom. The summed E-state index contributed by atoms with van der Waals surface area (Å²) in [7, 11) is 0. The average molecular weight is 180 g/mol. The Kier molecular flexibility index (Phi) is 3.28. The third-order valence-corrected chi connectivity index (χ3v) is 1.57. The molecule has 13 heavy (non-hydrogen) atoms. The normalized spacial score (nSPS) is 9.62. The van der Waals surface area contributed by atoms with E-state index < -0.39 is 6.09 Å². The maximum Gasteiger partial charge on any atom is 0.419 e. The van der Waals surface area contributed by atoms with Crippen LogP contribution in [0.1, 0.15) is 11.1 Å². The Balaban J connectivity index is 2.41. The average Bonchev–Trinajstić information content (AvgIpc) is 2.03. The van der Waals surface area contributed by atoms with Crippen LogP contribution < -0.4 is 10.9 Å². The fourth-order valence-electron chi connectivity index (χ4n) is 1.04. The molecule has 0 aromatic heterocycles. The number of amides is 1. The summed E-state index contributed by atoms with van der Waals surface area (Å²) in [6.45, 7) is 2.49. The lowest BCUT2D eigenvalue weighted by Crippen LogP contribution is -2.35. The summed E-state index contributed by atoms with van der Waals surface area (Å²) in [6, 6.07) is 7.86. The molecule has 3 N–H and O–H groups in total. The monoisotopic (exact) mass is 180 g/mol. The van der Waals surface area contributed by atoms with E-state index in [4.69, 9.17) is 5.11 Å². The van der Waals surface area contributed by atoms with Gasteiger partial charge in [0.1, 0.15) is 0 Å². The topological polar surface area (TPSA) is 61.4 Å². The highest BCUT2D eigenvalue weighted by molar-refractivity contribution is 5.63. The van der Waals surface area contributed by atoms with Crippen LogP contribution in [0.4, 0.5) is 4.79 Å². The largest absolute Gasteiger partial charge is 0.464 e. The Bertz CT molecular complexity index is 299. The van der Waals surface area contributed by atoms with E-state index in [-0.39, 0.29) is 0 Å². The summed E-state index contributed by atoms with van der Waals surface area (Å²) in [6.07, 6.45) is -1.08. The molecule has 4 nitrogen and oxygen atoms in total. The van der Waals surface area contributed by atoms with Crippen LogP contribution in [-0.4, -0.2) is 11.2 Å². The minimum atomic E-state index is -1.08. The predicted octanol–water partition coefficient (Wildman–Crippen LogP) is 1.27. The maximum absolute atomic E-state index is 10.1. The molecule has 0 spiro atoms. The summed E-state index contributed by atoms with van der Waals surface area (Å²) in [5, 5.41) is 8.27. The van der Waals surface area contributed by atoms with Gasteiger partial charge in [-0.2, -0.15) is 0 Å². The number of rotatable bonds is 3. The van der Waals surface area contributed by atoms with E-state index in [0.717, 1.165) is 11.1 Å². The SMILES string of the molecule is Cc1cccc(CNNC(=O)O)c1. The van der Waals surface area contributed by atoms with E-state index in [2.05, 4.69) is 10.9 Å². The molecule has 1 amide bonds. The van der Waals surface area contributed by atoms with Crippen molar-refractivity contribution in [2.45, 2.75) is 13.5 Å². The van der Waals surface area contributed by atoms with Crippen LogP contribution in [0.15, 0.2) is 24.3 Å². The number of carboxylic acid groups (broad SMARTS) is 1. The number of hydrogen-bond acceptors (Lipinski definition) is 2. The van der Waals surface area contributed by atoms with Crippen molar-refractivity contribution >= 4 is 6.09 Å². The maximum atomic E-state index is 10.1. The van der Waals surface area contributed by atoms with Crippen molar-refractivity contribution in [3.05, 3.63) is 35.4 Å². The van der Waals surface area contributed by atoms with Gasteiger partial charge in [0.25, 0.3) is 0 Å². The smallest absolute Gasteiger partial charge is 0.419 e. The van der Waals surface area contributed by atoms with Gasteiger partial charge < -0.3 is 5.11 Å². The van der Waals surface area contributed by atoms with Crippen LogP contribution in [0.25, 0.3) is 0 Å². The van der Waals surface area contributed by atoms with Crippen LogP contribution in [0.3, 0.4) is 0 Å². The molecule has 0 aliphatic heterocycles. The summed E-state index contributed by atoms with van der Waals surface area (Å²) in [4.78, 5) is 10.1. The number of hydrogen-bond donors (Lipinski definition) is 3. The van der Waals surface area contributed by atoms with Crippen LogP contribution >= 0.6 is 0 Å². The Labute approximate surface area is 76.6 Å². The van der Waals surface area contributed by atoms with E-state index in [1.807, 2.05) is 31.2 Å². The molecule has 0 radical (unpaired) electrons. The fourth-order valence-corrected chi connectivity index (χ4v) is 1.04. The molecule has 0 atom stereocenters. The van der Waals surface area contributed by atoms with Crippen LogP contribution in [0.2, 0.25) is 0 Å². The van der Waals surface area contributed by atoms with Crippen molar-refractivity contribution < 1.29 is 9.90 Å². The van der Waals surface area contributed by atoms with Gasteiger partial charge in [0, 0.05) is 6.54 Å². The van der Waals surface area contributed by atoms with Crippen LogP contribution in [-0.2, 0) is 6.54 Å². The van der Waals surface area contributed by atoms with Crippen molar-refractivity contribution in [3.63, 3.8) is 0 Å². The van der Waals surface area contributed by atoms with Gasteiger partial charge in [-0.3, -0.25) is 5.43 Å². The first-order chi connectivity index (χ1) is 6.18. The lowest BCUT2D eigenvalue weighted by atomic mass is 10.1. The summed E-state index contributed by atoms with van der Waals surface area (Å²) < 4.78 is 0. The second kappa shape index (κ2) is 4.47. The number of nitrogens with one attached hydrogen (secondary N) is 2. The predicted molar refractivity (Wildman–Crippen MR) is 49.2 cm³/mol. The van der Waals surface area contributed by atoms with Crippen molar-refractivity contribution in [1.29, 1.82) is 0 Å². The Hall–Kier alpha value is -1.55. The molecule has 1 rings (SSSR count). The highest BCUT2D eigenvalue weighted by Crippen LogP contribution is 2.02. The molecule has 0 unspecified atom stereocenters. The molecule has 0 saturated carbocycles. The zero-order valence-electron chi connectivity index (χ0n) is 7.37. The number of carbonyl (C=O) groups is 1. The van der Waals surface area contributed by atoms with Gasteiger partial charge in [-0.15, -0.1) is 0 Å². The highest BCUT2D eigenvalue weighted by atomic mass is 16.4. The van der Waals surface area contributed by atoms with Gasteiger partial charge in [0.2, 0.25) is 0 Å². The lowest BCUT2D eigenvalue weighted by molar-refractivity contribution is 0.189. The van der Waals surface area contributed by atoms with Crippen LogP contribution in [0.5, 0.6) is 0 Å². The van der Waals surface area contributed by atoms with Crippen molar-refractivity contribution in [2.24, 2.45) is 0 Å². The molecule has 0 saturated heterocycles. The molecular weight excluding hydrogens is 168 g/mol. The van der Waals surface area contributed by atoms with Crippen molar-refractivity contribution in [2.75, 3.05) is 0 Å². The number of aryl methyl sites for hydroxylation is 1. The third kappa shape index (κ3) is 3.57. The zero-order chi connectivity index (χ0) is 9.68. The summed E-state index contributed by atoms with van der Waals surface area (Å²) in [5.41, 5.74) is 6.87. The lowest BCUT2D eigenvalue weighted by Gasteiger charge is -2.04. The first kappa shape index (κ1) is 9.54. The molecular formula is C9H12N2O2. The van der Waals surface area contributed by atoms with Gasteiger partial charge in [0.05, 0.1) is 0 Å². The third-order valence-electron chi connectivity index (χ3n) is 1.57. The summed E-state index contributed by atoms with van der Waals surface area (Å²) in [5.74, 6) is 0. The first-order valence-corrected chi connectivity index (χ1v) is 3.96. The Morgan fingerprint density at radius 1 is 1.54 bits per heavy atom. The fraction of sp³-hybridized carbons (Fsp3) is 0.222. The molecule has 0 heterocycles. The van der Waals surface area contributed by atoms with Crippen molar-refractivity contribution in [1.82, 2.24) is 10.9 Å². The number of hydrazine groups is 1. The van der Waals surface area contributed by atoms with Gasteiger partial charge in [-0.1, -0.05) is 29.8 Å².